The van der Waals surface area contributed by atoms with Crippen molar-refractivity contribution in [3.8, 4) is 0 Å². The highest BCUT2D eigenvalue weighted by Crippen LogP contribution is 2.25. The molecule has 0 aromatic rings. The van der Waals surface area contributed by atoms with Crippen LogP contribution in [-0.2, 0) is 9.53 Å². The quantitative estimate of drug-likeness (QED) is 0.757. The van der Waals surface area contributed by atoms with Crippen LogP contribution >= 0.6 is 12.6 Å². The molecule has 4 nitrogen and oxygen atoms in total. The van der Waals surface area contributed by atoms with Crippen LogP contribution in [0.2, 0.25) is 0 Å². The Morgan fingerprint density at radius 3 is 2.50 bits per heavy atom. The molecule has 5 heteroatoms. The number of nitrogens with one attached hydrogen (secondary N) is 1. The Labute approximate surface area is 115 Å². The van der Waals surface area contributed by atoms with E-state index in [1.165, 1.54) is 0 Å². The second kappa shape index (κ2) is 6.26. The standard InChI is InChI=1S/C13H24N2O2S/c1-9(18)15-5-3-10(4-6-15)13(16)14-11-7-12(8-11)17-2/h9-12,18H,3-8H2,1-2H3,(H,14,16). The summed E-state index contributed by atoms with van der Waals surface area (Å²) in [6.07, 6.45) is 4.19. The van der Waals surface area contributed by atoms with Crippen LogP contribution in [-0.4, -0.2) is 48.5 Å². The molecule has 0 aromatic heterocycles. The molecule has 0 radical (unpaired) electrons. The first-order valence-electron chi connectivity index (χ1n) is 6.85. The SMILES string of the molecule is COC1CC(NC(=O)C2CCN(C(C)S)CC2)C1. The highest BCUT2D eigenvalue weighted by atomic mass is 32.1. The van der Waals surface area contributed by atoms with Crippen molar-refractivity contribution in [3.63, 3.8) is 0 Å². The normalized spacial score (nSPS) is 31.7. The first-order valence-corrected chi connectivity index (χ1v) is 7.37. The molecule has 1 N–H and O–H groups in total. The summed E-state index contributed by atoms with van der Waals surface area (Å²) < 4.78 is 5.22. The lowest BCUT2D eigenvalue weighted by Gasteiger charge is -2.37. The van der Waals surface area contributed by atoms with E-state index in [1.54, 1.807) is 7.11 Å². The third-order valence-electron chi connectivity index (χ3n) is 4.20. The molecule has 104 valence electrons. The zero-order valence-corrected chi connectivity index (χ0v) is 12.2. The number of methoxy groups -OCH3 is 1. The molecule has 2 rings (SSSR count). The van der Waals surface area contributed by atoms with Gasteiger partial charge in [0, 0.05) is 24.4 Å². The molecule has 0 spiro atoms. The maximum absolute atomic E-state index is 12.1. The number of hydrogen-bond acceptors (Lipinski definition) is 4. The Morgan fingerprint density at radius 2 is 2.00 bits per heavy atom. The largest absolute Gasteiger partial charge is 0.381 e. The molecule has 2 fully saturated rings. The van der Waals surface area contributed by atoms with E-state index in [4.69, 9.17) is 4.74 Å². The van der Waals surface area contributed by atoms with Gasteiger partial charge in [-0.1, -0.05) is 0 Å². The van der Waals surface area contributed by atoms with Gasteiger partial charge in [-0.2, -0.15) is 12.6 Å². The molecule has 1 heterocycles. The van der Waals surface area contributed by atoms with Crippen LogP contribution in [0, 0.1) is 5.92 Å². The molecule has 1 aliphatic heterocycles. The highest BCUT2D eigenvalue weighted by molar-refractivity contribution is 7.80. The molecule has 18 heavy (non-hydrogen) atoms. The number of thiol groups is 1. The van der Waals surface area contributed by atoms with Gasteiger partial charge < -0.3 is 10.1 Å². The monoisotopic (exact) mass is 272 g/mol. The Kier molecular flexibility index (Phi) is 4.92. The summed E-state index contributed by atoms with van der Waals surface area (Å²) in [6.45, 7) is 4.05. The van der Waals surface area contributed by atoms with Crippen LogP contribution in [0.5, 0.6) is 0 Å². The van der Waals surface area contributed by atoms with Crippen LogP contribution in [0.1, 0.15) is 32.6 Å². The van der Waals surface area contributed by atoms with E-state index in [9.17, 15) is 4.79 Å². The number of nitrogens with zero attached hydrogens (tertiary/aromatic N) is 1. The van der Waals surface area contributed by atoms with E-state index in [1.807, 2.05) is 0 Å². The summed E-state index contributed by atoms with van der Waals surface area (Å²) in [5, 5.41) is 3.43. The van der Waals surface area contributed by atoms with Gasteiger partial charge in [-0.15, -0.1) is 0 Å². The van der Waals surface area contributed by atoms with Crippen molar-refractivity contribution in [2.75, 3.05) is 20.2 Å². The predicted octanol–water partition coefficient (Wildman–Crippen LogP) is 1.27. The summed E-state index contributed by atoms with van der Waals surface area (Å²) in [5.74, 6) is 0.427. The van der Waals surface area contributed by atoms with Gasteiger partial charge in [0.05, 0.1) is 6.10 Å². The van der Waals surface area contributed by atoms with Gasteiger partial charge in [-0.3, -0.25) is 9.69 Å². The minimum Gasteiger partial charge on any atom is -0.381 e. The summed E-state index contributed by atoms with van der Waals surface area (Å²) in [4.78, 5) is 14.4. The smallest absolute Gasteiger partial charge is 0.223 e. The Hall–Kier alpha value is -0.260. The third-order valence-corrected chi connectivity index (χ3v) is 4.53. The molecule has 0 bridgehead atoms. The first kappa shape index (κ1) is 14.2. The predicted molar refractivity (Wildman–Crippen MR) is 74.7 cm³/mol. The van der Waals surface area contributed by atoms with Crippen molar-refractivity contribution < 1.29 is 9.53 Å². The number of carbonyl (C=O) groups excluding carboxylic acids is 1. The maximum atomic E-state index is 12.1. The van der Waals surface area contributed by atoms with Crippen LogP contribution in [0.3, 0.4) is 0 Å². The lowest BCUT2D eigenvalue weighted by molar-refractivity contribution is -0.128. The third kappa shape index (κ3) is 3.39. The molecule has 1 atom stereocenters. The van der Waals surface area contributed by atoms with E-state index in [2.05, 4.69) is 29.8 Å². The number of hydrogen-bond donors (Lipinski definition) is 2. The van der Waals surface area contributed by atoms with Crippen LogP contribution < -0.4 is 5.32 Å². The van der Waals surface area contributed by atoms with E-state index in [0.29, 0.717) is 17.5 Å². The van der Waals surface area contributed by atoms with Crippen molar-refractivity contribution in [3.05, 3.63) is 0 Å². The molecule has 2 aliphatic rings. The molecule has 1 aliphatic carbocycles. The minimum absolute atomic E-state index is 0.190. The van der Waals surface area contributed by atoms with Gasteiger partial charge >= 0.3 is 0 Å². The van der Waals surface area contributed by atoms with Crippen molar-refractivity contribution in [2.24, 2.45) is 5.92 Å². The summed E-state index contributed by atoms with van der Waals surface area (Å²) in [7, 11) is 1.73. The fourth-order valence-corrected chi connectivity index (χ4v) is 2.96. The number of piperidine rings is 1. The number of amides is 1. The van der Waals surface area contributed by atoms with Gasteiger partial charge in [-0.25, -0.2) is 0 Å². The first-order chi connectivity index (χ1) is 8.60. The molecule has 1 amide bonds. The lowest BCUT2D eigenvalue weighted by atomic mass is 9.88. The number of rotatable bonds is 4. The average Bonchev–Trinajstić information content (AvgIpc) is 2.33. The van der Waals surface area contributed by atoms with Crippen molar-refractivity contribution in [2.45, 2.75) is 50.1 Å². The molecule has 0 aromatic carbocycles. The Bertz CT molecular complexity index is 285. The topological polar surface area (TPSA) is 41.6 Å². The number of carbonyl (C=O) groups is 1. The minimum atomic E-state index is 0.190. The maximum Gasteiger partial charge on any atom is 0.223 e. The Morgan fingerprint density at radius 1 is 1.39 bits per heavy atom. The molecular weight excluding hydrogens is 248 g/mol. The molecular formula is C13H24N2O2S. The van der Waals surface area contributed by atoms with E-state index in [-0.39, 0.29) is 11.8 Å². The van der Waals surface area contributed by atoms with Crippen molar-refractivity contribution in [1.82, 2.24) is 10.2 Å². The van der Waals surface area contributed by atoms with Crippen LogP contribution in [0.15, 0.2) is 0 Å². The fraction of sp³-hybridized carbons (Fsp3) is 0.923. The molecule has 1 unspecified atom stereocenters. The summed E-state index contributed by atoms with van der Waals surface area (Å²) in [6, 6.07) is 0.337. The lowest BCUT2D eigenvalue weighted by Crippen LogP contribution is -2.50. The number of ether oxygens (including phenoxy) is 1. The molecule has 1 saturated heterocycles. The van der Waals surface area contributed by atoms with Crippen LogP contribution in [0.4, 0.5) is 0 Å². The van der Waals surface area contributed by atoms with E-state index < -0.39 is 0 Å². The highest BCUT2D eigenvalue weighted by Gasteiger charge is 2.33. The average molecular weight is 272 g/mol. The van der Waals surface area contributed by atoms with E-state index >= 15 is 0 Å². The van der Waals surface area contributed by atoms with Crippen molar-refractivity contribution >= 4 is 18.5 Å². The van der Waals surface area contributed by atoms with Gasteiger partial charge in [-0.05, 0) is 45.7 Å². The van der Waals surface area contributed by atoms with Crippen LogP contribution in [0.25, 0.3) is 0 Å². The number of likely N-dealkylation sites (tertiary alicyclic amines) is 1. The molecule has 1 saturated carbocycles. The zero-order valence-electron chi connectivity index (χ0n) is 11.3. The summed E-state index contributed by atoms with van der Waals surface area (Å²) >= 11 is 4.43. The van der Waals surface area contributed by atoms with Gasteiger partial charge in [0.2, 0.25) is 5.91 Å². The fourth-order valence-electron chi connectivity index (χ4n) is 2.73. The second-order valence-electron chi connectivity index (χ2n) is 5.48. The van der Waals surface area contributed by atoms with Gasteiger partial charge in [0.25, 0.3) is 0 Å². The second-order valence-corrected chi connectivity index (χ2v) is 6.22. The zero-order chi connectivity index (χ0) is 13.1. The van der Waals surface area contributed by atoms with Gasteiger partial charge in [0.1, 0.15) is 0 Å². The van der Waals surface area contributed by atoms with E-state index in [0.717, 1.165) is 38.8 Å². The van der Waals surface area contributed by atoms with Crippen molar-refractivity contribution in [1.29, 1.82) is 0 Å². The van der Waals surface area contributed by atoms with Gasteiger partial charge in [0.15, 0.2) is 0 Å². The Balaban J connectivity index is 1.68. The summed E-state index contributed by atoms with van der Waals surface area (Å²) in [5.41, 5.74) is 0.